The molecule has 0 aliphatic rings. The second-order valence-corrected chi connectivity index (χ2v) is 12.0. The van der Waals surface area contributed by atoms with Crippen molar-refractivity contribution in [2.75, 3.05) is 14.2 Å². The van der Waals surface area contributed by atoms with Gasteiger partial charge in [0.05, 0.1) is 25.9 Å². The summed E-state index contributed by atoms with van der Waals surface area (Å²) < 4.78 is 12.8. The number of halogens is 4. The molecule has 0 saturated carbocycles. The molecule has 0 aliphatic heterocycles. The van der Waals surface area contributed by atoms with E-state index in [1.165, 1.54) is 0 Å². The van der Waals surface area contributed by atoms with Crippen LogP contribution in [0.1, 0.15) is 33.4 Å². The van der Waals surface area contributed by atoms with Crippen LogP contribution in [0.2, 0.25) is 10.0 Å². The zero-order valence-corrected chi connectivity index (χ0v) is 29.5. The Hall–Kier alpha value is -2.25. The molecule has 220 valence electrons. The predicted octanol–water partition coefficient (Wildman–Crippen LogP) is 9.41. The summed E-state index contributed by atoms with van der Waals surface area (Å²) in [5, 5.41) is 10.5. The van der Waals surface area contributed by atoms with Crippen molar-refractivity contribution in [3.8, 4) is 17.6 Å². The molecular weight excluding hydrogens is 739 g/mol. The van der Waals surface area contributed by atoms with Crippen LogP contribution in [-0.4, -0.2) is 19.2 Å². The zero-order chi connectivity index (χ0) is 29.9. The van der Waals surface area contributed by atoms with Gasteiger partial charge in [-0.3, -0.25) is 0 Å². The lowest BCUT2D eigenvalue weighted by atomic mass is 9.99. The Balaban J connectivity index is 0.000000287. The van der Waals surface area contributed by atoms with Crippen molar-refractivity contribution in [3.63, 3.8) is 0 Å². The molecule has 4 aromatic rings. The topological polar surface area (TPSA) is 68.3 Å². The Bertz CT molecular complexity index is 1580. The van der Waals surface area contributed by atoms with Crippen molar-refractivity contribution in [3.05, 3.63) is 125 Å². The van der Waals surface area contributed by atoms with Gasteiger partial charge in [0.15, 0.2) is 0 Å². The molecule has 10 heteroatoms. The number of ether oxygens (including phenoxy) is 2. The van der Waals surface area contributed by atoms with Gasteiger partial charge in [0.25, 0.3) is 0 Å². The quantitative estimate of drug-likeness (QED) is 0.172. The van der Waals surface area contributed by atoms with Crippen molar-refractivity contribution in [2.24, 2.45) is 5.73 Å². The van der Waals surface area contributed by atoms with Gasteiger partial charge < -0.3 is 15.2 Å². The summed E-state index contributed by atoms with van der Waals surface area (Å²) in [6.07, 6.45) is 3.01. The van der Waals surface area contributed by atoms with Crippen molar-refractivity contribution in [2.45, 2.75) is 25.7 Å². The fourth-order valence-corrected chi connectivity index (χ4v) is 5.91. The normalized spacial score (nSPS) is 10.0. The van der Waals surface area contributed by atoms with E-state index in [0.717, 1.165) is 67.5 Å². The highest BCUT2D eigenvalue weighted by Crippen LogP contribution is 2.28. The number of nitrogens with two attached hydrogens (primary N) is 1. The lowest BCUT2D eigenvalue weighted by Gasteiger charge is -2.12. The summed E-state index contributed by atoms with van der Waals surface area (Å²) in [5.41, 5.74) is 11.3. The van der Waals surface area contributed by atoms with Crippen LogP contribution in [0.15, 0.2) is 81.7 Å². The smallest absolute Gasteiger partial charge is 0.122 e. The van der Waals surface area contributed by atoms with E-state index in [0.29, 0.717) is 27.0 Å². The Kier molecular flexibility index (Phi) is 15.2. The molecule has 0 heterocycles. The number of rotatable bonds is 9. The monoisotopic (exact) mass is 766 g/mol. The number of thiocarbonyl (C=S) groups is 1. The van der Waals surface area contributed by atoms with Crippen molar-refractivity contribution >= 4 is 85.8 Å². The first-order chi connectivity index (χ1) is 19.7. The Morgan fingerprint density at radius 3 is 1.74 bits per heavy atom. The van der Waals surface area contributed by atoms with E-state index < -0.39 is 0 Å². The molecule has 0 aromatic heterocycles. The lowest BCUT2D eigenvalue weighted by Crippen LogP contribution is -2.13. The average Bonchev–Trinajstić information content (AvgIpc) is 2.96. The molecule has 0 atom stereocenters. The third kappa shape index (κ3) is 9.90. The van der Waals surface area contributed by atoms with Gasteiger partial charge in [-0.25, -0.2) is 0 Å². The second kappa shape index (κ2) is 17.8. The highest BCUT2D eigenvalue weighted by Gasteiger charge is 2.12. The van der Waals surface area contributed by atoms with Crippen LogP contribution in [0.5, 0.6) is 11.5 Å². The van der Waals surface area contributed by atoms with E-state index in [4.69, 9.17) is 55.9 Å². The number of nitriles is 1. The number of hydrogen-bond donors (Lipinski definition) is 1. The summed E-state index contributed by atoms with van der Waals surface area (Å²) >= 11 is 24.5. The Labute approximate surface area is 286 Å². The lowest BCUT2D eigenvalue weighted by molar-refractivity contribution is 0.409. The first-order valence-corrected chi connectivity index (χ1v) is 15.3. The minimum atomic E-state index is 0. The zero-order valence-electron chi connectivity index (χ0n) is 23.0. The van der Waals surface area contributed by atoms with Crippen LogP contribution >= 0.6 is 80.8 Å². The standard InChI is InChI=1S/C16H15BrClNOS.C16H13BrClNO.H2S/c1-20-15-8-6-11(17)9-10(15)5-7-12-13(16(19)21)3-2-4-14(12)18;1-20-16-8-6-13(17)9-11(16)5-7-14-12(10-19)3-2-4-15(14)18;/h2-4,6,8-9H,5,7H2,1H3,(H2,19,21);2-4,6,8-9H,5,7H2,1H3;1H2. The third-order valence-electron chi connectivity index (χ3n) is 6.40. The van der Waals surface area contributed by atoms with E-state index in [1.807, 2.05) is 54.6 Å². The van der Waals surface area contributed by atoms with Crippen molar-refractivity contribution in [1.82, 2.24) is 0 Å². The van der Waals surface area contributed by atoms with Gasteiger partial charge in [-0.2, -0.15) is 18.8 Å². The van der Waals surface area contributed by atoms with Crippen LogP contribution in [0.4, 0.5) is 0 Å². The fraction of sp³-hybridized carbons (Fsp3) is 0.188. The van der Waals surface area contributed by atoms with Crippen LogP contribution in [0.25, 0.3) is 0 Å². The Morgan fingerprint density at radius 2 is 1.26 bits per heavy atom. The number of hydrogen-bond acceptors (Lipinski definition) is 4. The van der Waals surface area contributed by atoms with E-state index in [1.54, 1.807) is 26.4 Å². The highest BCUT2D eigenvalue weighted by atomic mass is 79.9. The van der Waals surface area contributed by atoms with E-state index in [9.17, 15) is 0 Å². The molecule has 0 radical (unpaired) electrons. The highest BCUT2D eigenvalue weighted by molar-refractivity contribution is 9.10. The van der Waals surface area contributed by atoms with Crippen molar-refractivity contribution < 1.29 is 9.47 Å². The summed E-state index contributed by atoms with van der Waals surface area (Å²) in [5.74, 6) is 1.71. The van der Waals surface area contributed by atoms with Crippen LogP contribution in [0, 0.1) is 11.3 Å². The second-order valence-electron chi connectivity index (χ2n) is 8.92. The van der Waals surface area contributed by atoms with Gasteiger partial charge in [0, 0.05) is 24.6 Å². The van der Waals surface area contributed by atoms with Gasteiger partial charge in [-0.05, 0) is 103 Å². The van der Waals surface area contributed by atoms with Crippen LogP contribution in [0.3, 0.4) is 0 Å². The molecule has 0 bridgehead atoms. The van der Waals surface area contributed by atoms with Crippen LogP contribution < -0.4 is 15.2 Å². The summed E-state index contributed by atoms with van der Waals surface area (Å²) in [6.45, 7) is 0. The maximum absolute atomic E-state index is 9.14. The molecule has 0 spiro atoms. The molecule has 42 heavy (non-hydrogen) atoms. The number of benzene rings is 4. The number of aryl methyl sites for hydroxylation is 2. The maximum atomic E-state index is 9.14. The SMILES string of the molecule is COc1ccc(Br)cc1CCc1c(Cl)cccc1C#N.COc1ccc(Br)cc1CCc1c(Cl)cccc1C(N)=S.S. The van der Waals surface area contributed by atoms with E-state index in [2.05, 4.69) is 44.0 Å². The van der Waals surface area contributed by atoms with Gasteiger partial charge in [0.1, 0.15) is 16.5 Å². The minimum Gasteiger partial charge on any atom is -0.496 e. The van der Waals surface area contributed by atoms with Gasteiger partial charge in [-0.15, -0.1) is 0 Å². The number of methoxy groups -OCH3 is 2. The van der Waals surface area contributed by atoms with Gasteiger partial charge in [0.2, 0.25) is 0 Å². The summed E-state index contributed by atoms with van der Waals surface area (Å²) in [7, 11) is 3.33. The molecule has 0 saturated heterocycles. The fourth-order valence-electron chi connectivity index (χ4n) is 4.37. The van der Waals surface area contributed by atoms with Gasteiger partial charge in [-0.1, -0.05) is 85.5 Å². The number of nitrogens with zero attached hydrogens (tertiary/aromatic N) is 1. The minimum absolute atomic E-state index is 0. The molecule has 0 unspecified atom stereocenters. The molecule has 2 N–H and O–H groups in total. The molecule has 0 aliphatic carbocycles. The molecule has 4 aromatic carbocycles. The molecule has 4 nitrogen and oxygen atoms in total. The summed E-state index contributed by atoms with van der Waals surface area (Å²) in [6, 6.07) is 25.1. The third-order valence-corrected chi connectivity index (χ3v) is 8.31. The average molecular weight is 769 g/mol. The predicted molar refractivity (Wildman–Crippen MR) is 190 cm³/mol. The molecule has 0 fully saturated rings. The maximum Gasteiger partial charge on any atom is 0.122 e. The van der Waals surface area contributed by atoms with Gasteiger partial charge >= 0.3 is 0 Å². The van der Waals surface area contributed by atoms with E-state index in [-0.39, 0.29) is 13.5 Å². The molecule has 0 amide bonds. The largest absolute Gasteiger partial charge is 0.496 e. The first kappa shape index (κ1) is 35.9. The van der Waals surface area contributed by atoms with E-state index >= 15 is 0 Å². The molecule has 4 rings (SSSR count). The summed E-state index contributed by atoms with van der Waals surface area (Å²) in [4.78, 5) is 0.369. The van der Waals surface area contributed by atoms with Crippen LogP contribution in [-0.2, 0) is 25.7 Å². The van der Waals surface area contributed by atoms with Crippen molar-refractivity contribution in [1.29, 1.82) is 5.26 Å². The first-order valence-electron chi connectivity index (χ1n) is 12.6. The molecular formula is C32H30Br2Cl2N2O2S2. The Morgan fingerprint density at radius 1 is 0.786 bits per heavy atom.